The number of hydrogen-bond donors (Lipinski definition) is 2. The van der Waals surface area contributed by atoms with E-state index in [0.29, 0.717) is 17.1 Å². The number of rotatable bonds is 7. The van der Waals surface area contributed by atoms with Crippen LogP contribution in [0.1, 0.15) is 55.9 Å². The third-order valence-corrected chi connectivity index (χ3v) is 6.99. The molecule has 2 heterocycles. The predicted octanol–water partition coefficient (Wildman–Crippen LogP) is 4.89. The number of aryl methyl sites for hydroxylation is 4. The average molecular weight is 464 g/mol. The van der Waals surface area contributed by atoms with Crippen molar-refractivity contribution < 1.29 is 14.3 Å². The summed E-state index contributed by atoms with van der Waals surface area (Å²) < 4.78 is 5.85. The Labute approximate surface area is 198 Å². The summed E-state index contributed by atoms with van der Waals surface area (Å²) in [6.45, 7) is 6.27. The summed E-state index contributed by atoms with van der Waals surface area (Å²) in [4.78, 5) is 31.2. The minimum atomic E-state index is -0.269. The molecule has 6 nitrogen and oxygen atoms in total. The normalized spacial score (nSPS) is 12.7. The molecule has 2 aromatic heterocycles. The second kappa shape index (κ2) is 10.2. The number of hydrogen-bond acceptors (Lipinski definition) is 5. The van der Waals surface area contributed by atoms with Gasteiger partial charge >= 0.3 is 0 Å². The van der Waals surface area contributed by atoms with Gasteiger partial charge in [-0.25, -0.2) is 0 Å². The fourth-order valence-electron chi connectivity index (χ4n) is 4.36. The molecule has 1 aliphatic rings. The Kier molecular flexibility index (Phi) is 7.08. The van der Waals surface area contributed by atoms with E-state index >= 15 is 0 Å². The molecule has 0 aliphatic heterocycles. The van der Waals surface area contributed by atoms with Gasteiger partial charge in [0.25, 0.3) is 11.8 Å². The van der Waals surface area contributed by atoms with Crippen molar-refractivity contribution in [2.75, 3.05) is 11.9 Å². The van der Waals surface area contributed by atoms with Crippen LogP contribution in [-0.2, 0) is 24.2 Å². The predicted molar refractivity (Wildman–Crippen MR) is 131 cm³/mol. The van der Waals surface area contributed by atoms with Gasteiger partial charge in [0.15, 0.2) is 6.61 Å². The Balaban J connectivity index is 1.48. The highest BCUT2D eigenvalue weighted by molar-refractivity contribution is 7.17. The third-order valence-electron chi connectivity index (χ3n) is 5.78. The first-order chi connectivity index (χ1) is 15.9. The SMILES string of the molecule is Cc1cc(C)c(OCC(=O)Nc2sc3c(c2C(=O)NCc2cccnc2)CCCC3)c(C)c1. The van der Waals surface area contributed by atoms with E-state index in [1.807, 2.05) is 45.0 Å². The van der Waals surface area contributed by atoms with Gasteiger partial charge in [0.2, 0.25) is 0 Å². The zero-order chi connectivity index (χ0) is 23.4. The molecule has 2 amide bonds. The molecule has 33 heavy (non-hydrogen) atoms. The summed E-state index contributed by atoms with van der Waals surface area (Å²) in [5.41, 5.74) is 5.75. The summed E-state index contributed by atoms with van der Waals surface area (Å²) >= 11 is 1.51. The van der Waals surface area contributed by atoms with Crippen LogP contribution in [0.4, 0.5) is 5.00 Å². The van der Waals surface area contributed by atoms with Crippen molar-refractivity contribution in [3.8, 4) is 5.75 Å². The maximum Gasteiger partial charge on any atom is 0.262 e. The van der Waals surface area contributed by atoms with Crippen molar-refractivity contribution in [2.24, 2.45) is 0 Å². The summed E-state index contributed by atoms with van der Waals surface area (Å²) in [5, 5.41) is 6.55. The van der Waals surface area contributed by atoms with E-state index in [0.717, 1.165) is 59.3 Å². The molecule has 7 heteroatoms. The first kappa shape index (κ1) is 23.0. The topological polar surface area (TPSA) is 80.3 Å². The summed E-state index contributed by atoms with van der Waals surface area (Å²) in [6.07, 6.45) is 7.39. The van der Waals surface area contributed by atoms with Gasteiger partial charge in [0.05, 0.1) is 5.56 Å². The monoisotopic (exact) mass is 463 g/mol. The molecule has 3 aromatic rings. The highest BCUT2D eigenvalue weighted by atomic mass is 32.1. The second-order valence-electron chi connectivity index (χ2n) is 8.52. The number of aromatic nitrogens is 1. The van der Waals surface area contributed by atoms with Crippen molar-refractivity contribution >= 4 is 28.2 Å². The molecule has 0 bridgehead atoms. The van der Waals surface area contributed by atoms with Gasteiger partial charge in [-0.2, -0.15) is 0 Å². The molecule has 0 saturated heterocycles. The first-order valence-corrected chi connectivity index (χ1v) is 12.1. The number of fused-ring (bicyclic) bond motifs is 1. The van der Waals surface area contributed by atoms with Gasteiger partial charge in [-0.15, -0.1) is 11.3 Å². The fraction of sp³-hybridized carbons (Fsp3) is 0.346. The van der Waals surface area contributed by atoms with E-state index in [1.54, 1.807) is 12.4 Å². The van der Waals surface area contributed by atoms with Gasteiger partial charge in [-0.3, -0.25) is 14.6 Å². The number of nitrogens with zero attached hydrogens (tertiary/aromatic N) is 1. The lowest BCUT2D eigenvalue weighted by atomic mass is 9.95. The van der Waals surface area contributed by atoms with Gasteiger partial charge in [0.1, 0.15) is 10.8 Å². The molecular formula is C26H29N3O3S. The fourth-order valence-corrected chi connectivity index (χ4v) is 5.67. The Morgan fingerprint density at radius 1 is 1.12 bits per heavy atom. The Hall–Kier alpha value is -3.19. The largest absolute Gasteiger partial charge is 0.483 e. The molecular weight excluding hydrogens is 434 g/mol. The Morgan fingerprint density at radius 2 is 1.88 bits per heavy atom. The van der Waals surface area contributed by atoms with Crippen molar-refractivity contribution in [3.63, 3.8) is 0 Å². The number of pyridine rings is 1. The highest BCUT2D eigenvalue weighted by Gasteiger charge is 2.26. The van der Waals surface area contributed by atoms with Crippen LogP contribution < -0.4 is 15.4 Å². The van der Waals surface area contributed by atoms with Crippen LogP contribution in [0.2, 0.25) is 0 Å². The Morgan fingerprint density at radius 3 is 2.61 bits per heavy atom. The zero-order valence-electron chi connectivity index (χ0n) is 19.3. The lowest BCUT2D eigenvalue weighted by Gasteiger charge is -2.14. The van der Waals surface area contributed by atoms with E-state index in [9.17, 15) is 9.59 Å². The number of nitrogens with one attached hydrogen (secondary N) is 2. The number of thiophene rings is 1. The number of carbonyl (C=O) groups is 2. The van der Waals surface area contributed by atoms with Crippen molar-refractivity contribution in [3.05, 3.63) is 74.9 Å². The van der Waals surface area contributed by atoms with E-state index in [4.69, 9.17) is 4.74 Å². The van der Waals surface area contributed by atoms with Crippen LogP contribution in [0, 0.1) is 20.8 Å². The van der Waals surface area contributed by atoms with Gasteiger partial charge < -0.3 is 15.4 Å². The zero-order valence-corrected chi connectivity index (χ0v) is 20.1. The average Bonchev–Trinajstić information content (AvgIpc) is 3.15. The maximum absolute atomic E-state index is 13.1. The molecule has 0 fully saturated rings. The Bertz CT molecular complexity index is 1150. The van der Waals surface area contributed by atoms with E-state index in [-0.39, 0.29) is 18.4 Å². The molecule has 0 atom stereocenters. The summed E-state index contributed by atoms with van der Waals surface area (Å²) in [5.74, 6) is 0.296. The second-order valence-corrected chi connectivity index (χ2v) is 9.63. The van der Waals surface area contributed by atoms with Crippen molar-refractivity contribution in [2.45, 2.75) is 53.0 Å². The molecule has 0 spiro atoms. The quantitative estimate of drug-likeness (QED) is 0.523. The molecule has 0 radical (unpaired) electrons. The molecule has 2 N–H and O–H groups in total. The van der Waals surface area contributed by atoms with Gasteiger partial charge in [-0.1, -0.05) is 23.8 Å². The van der Waals surface area contributed by atoms with E-state index < -0.39 is 0 Å². The number of benzene rings is 1. The highest BCUT2D eigenvalue weighted by Crippen LogP contribution is 2.38. The van der Waals surface area contributed by atoms with E-state index in [2.05, 4.69) is 15.6 Å². The van der Waals surface area contributed by atoms with Crippen LogP contribution in [0.3, 0.4) is 0 Å². The van der Waals surface area contributed by atoms with Crippen LogP contribution in [-0.4, -0.2) is 23.4 Å². The maximum atomic E-state index is 13.1. The van der Waals surface area contributed by atoms with Crippen LogP contribution in [0.15, 0.2) is 36.7 Å². The molecule has 0 unspecified atom stereocenters. The van der Waals surface area contributed by atoms with Crippen LogP contribution in [0.25, 0.3) is 0 Å². The molecule has 4 rings (SSSR count). The number of ether oxygens (including phenoxy) is 1. The first-order valence-electron chi connectivity index (χ1n) is 11.2. The van der Waals surface area contributed by atoms with Gasteiger partial charge in [-0.05, 0) is 74.8 Å². The van der Waals surface area contributed by atoms with Crippen molar-refractivity contribution in [1.82, 2.24) is 10.3 Å². The molecule has 0 saturated carbocycles. The standard InChI is InChI=1S/C26H29N3O3S/c1-16-11-17(2)24(18(3)12-16)32-15-22(30)29-26-23(20-8-4-5-9-21(20)33-26)25(31)28-14-19-7-6-10-27-13-19/h6-7,10-13H,4-5,8-9,14-15H2,1-3H3,(H,28,31)(H,29,30). The summed E-state index contributed by atoms with van der Waals surface area (Å²) in [6, 6.07) is 7.85. The lowest BCUT2D eigenvalue weighted by molar-refractivity contribution is -0.118. The molecule has 1 aromatic carbocycles. The lowest BCUT2D eigenvalue weighted by Crippen LogP contribution is -2.26. The smallest absolute Gasteiger partial charge is 0.262 e. The number of carbonyl (C=O) groups excluding carboxylic acids is 2. The number of anilines is 1. The third kappa shape index (κ3) is 5.42. The van der Waals surface area contributed by atoms with Crippen LogP contribution in [0.5, 0.6) is 5.75 Å². The molecule has 1 aliphatic carbocycles. The minimum absolute atomic E-state index is 0.107. The number of amides is 2. The van der Waals surface area contributed by atoms with E-state index in [1.165, 1.54) is 16.2 Å². The minimum Gasteiger partial charge on any atom is -0.483 e. The van der Waals surface area contributed by atoms with Crippen LogP contribution >= 0.6 is 11.3 Å². The van der Waals surface area contributed by atoms with Gasteiger partial charge in [0, 0.05) is 23.8 Å². The van der Waals surface area contributed by atoms with Crippen molar-refractivity contribution in [1.29, 1.82) is 0 Å². The molecule has 172 valence electrons. The summed E-state index contributed by atoms with van der Waals surface area (Å²) in [7, 11) is 0.